The van der Waals surface area contributed by atoms with Crippen LogP contribution < -0.4 is 5.32 Å². The highest BCUT2D eigenvalue weighted by Gasteiger charge is 2.10. The van der Waals surface area contributed by atoms with Crippen LogP contribution in [-0.2, 0) is 6.54 Å². The van der Waals surface area contributed by atoms with Crippen LogP contribution in [0.4, 0.5) is 0 Å². The van der Waals surface area contributed by atoms with Crippen LogP contribution in [0.2, 0.25) is 0 Å². The van der Waals surface area contributed by atoms with Gasteiger partial charge in [-0.25, -0.2) is 4.98 Å². The van der Waals surface area contributed by atoms with E-state index in [1.54, 1.807) is 6.20 Å². The standard InChI is InChI=1S/C13H15BrN2O/c1-9-7-16-13(17-9)10(2)15-8-11-4-3-5-12(14)6-11/h3-7,10,15H,8H2,1-2H3. The Labute approximate surface area is 109 Å². The number of benzene rings is 1. The summed E-state index contributed by atoms with van der Waals surface area (Å²) >= 11 is 3.46. The van der Waals surface area contributed by atoms with E-state index in [1.165, 1.54) is 5.56 Å². The van der Waals surface area contributed by atoms with Crippen LogP contribution in [0.3, 0.4) is 0 Å². The van der Waals surface area contributed by atoms with Crippen molar-refractivity contribution >= 4 is 15.9 Å². The Hall–Kier alpha value is -1.13. The van der Waals surface area contributed by atoms with E-state index < -0.39 is 0 Å². The van der Waals surface area contributed by atoms with Gasteiger partial charge in [-0.2, -0.15) is 0 Å². The van der Waals surface area contributed by atoms with Crippen LogP contribution in [0.1, 0.15) is 30.2 Å². The topological polar surface area (TPSA) is 38.1 Å². The van der Waals surface area contributed by atoms with Crippen LogP contribution in [0, 0.1) is 6.92 Å². The molecule has 0 amide bonds. The van der Waals surface area contributed by atoms with Crippen molar-refractivity contribution in [2.75, 3.05) is 0 Å². The number of aryl methyl sites for hydroxylation is 1. The average molecular weight is 295 g/mol. The van der Waals surface area contributed by atoms with Crippen LogP contribution in [-0.4, -0.2) is 4.98 Å². The Balaban J connectivity index is 1.94. The number of oxazole rings is 1. The van der Waals surface area contributed by atoms with Crippen molar-refractivity contribution in [3.8, 4) is 0 Å². The highest BCUT2D eigenvalue weighted by Crippen LogP contribution is 2.15. The van der Waals surface area contributed by atoms with Crippen LogP contribution in [0.15, 0.2) is 39.4 Å². The number of hydrogen-bond donors (Lipinski definition) is 1. The molecule has 0 aliphatic carbocycles. The van der Waals surface area contributed by atoms with Gasteiger partial charge in [-0.3, -0.25) is 0 Å². The molecule has 0 radical (unpaired) electrons. The largest absolute Gasteiger partial charge is 0.444 e. The third-order valence-electron chi connectivity index (χ3n) is 2.51. The summed E-state index contributed by atoms with van der Waals surface area (Å²) in [6.07, 6.45) is 1.74. The molecule has 1 N–H and O–H groups in total. The van der Waals surface area contributed by atoms with Gasteiger partial charge in [0.15, 0.2) is 0 Å². The van der Waals surface area contributed by atoms with E-state index in [9.17, 15) is 0 Å². The van der Waals surface area contributed by atoms with Crippen molar-refractivity contribution in [1.29, 1.82) is 0 Å². The summed E-state index contributed by atoms with van der Waals surface area (Å²) in [5.41, 5.74) is 1.23. The minimum Gasteiger partial charge on any atom is -0.444 e. The van der Waals surface area contributed by atoms with Crippen molar-refractivity contribution in [2.45, 2.75) is 26.4 Å². The molecule has 17 heavy (non-hydrogen) atoms. The Bertz CT molecular complexity index is 496. The number of rotatable bonds is 4. The molecule has 0 aliphatic rings. The minimum absolute atomic E-state index is 0.114. The predicted octanol–water partition coefficient (Wildman–Crippen LogP) is 3.60. The first-order valence-corrected chi connectivity index (χ1v) is 6.34. The van der Waals surface area contributed by atoms with E-state index in [-0.39, 0.29) is 6.04 Å². The number of halogens is 1. The summed E-state index contributed by atoms with van der Waals surface area (Å²) in [7, 11) is 0. The zero-order chi connectivity index (χ0) is 12.3. The summed E-state index contributed by atoms with van der Waals surface area (Å²) < 4.78 is 6.57. The van der Waals surface area contributed by atoms with E-state index in [1.807, 2.05) is 26.0 Å². The van der Waals surface area contributed by atoms with Crippen molar-refractivity contribution in [3.05, 3.63) is 52.1 Å². The predicted molar refractivity (Wildman–Crippen MR) is 70.6 cm³/mol. The Morgan fingerprint density at radius 1 is 1.47 bits per heavy atom. The van der Waals surface area contributed by atoms with Crippen molar-refractivity contribution in [1.82, 2.24) is 10.3 Å². The number of hydrogen-bond acceptors (Lipinski definition) is 3. The molecule has 0 bridgehead atoms. The minimum atomic E-state index is 0.114. The lowest BCUT2D eigenvalue weighted by Gasteiger charge is -2.10. The second kappa shape index (κ2) is 5.47. The molecule has 0 spiro atoms. The van der Waals surface area contributed by atoms with Crippen molar-refractivity contribution < 1.29 is 4.42 Å². The van der Waals surface area contributed by atoms with Gasteiger partial charge < -0.3 is 9.73 Å². The maximum atomic E-state index is 5.47. The number of nitrogens with zero attached hydrogens (tertiary/aromatic N) is 1. The Morgan fingerprint density at radius 2 is 2.29 bits per heavy atom. The van der Waals surface area contributed by atoms with Gasteiger partial charge >= 0.3 is 0 Å². The van der Waals surface area contributed by atoms with Gasteiger partial charge in [0.1, 0.15) is 5.76 Å². The third kappa shape index (κ3) is 3.41. The highest BCUT2D eigenvalue weighted by molar-refractivity contribution is 9.10. The van der Waals surface area contributed by atoms with Gasteiger partial charge in [-0.05, 0) is 31.5 Å². The molecule has 1 heterocycles. The summed E-state index contributed by atoms with van der Waals surface area (Å²) in [6.45, 7) is 4.74. The molecule has 90 valence electrons. The molecule has 1 unspecified atom stereocenters. The van der Waals surface area contributed by atoms with E-state index >= 15 is 0 Å². The van der Waals surface area contributed by atoms with Crippen molar-refractivity contribution in [2.24, 2.45) is 0 Å². The van der Waals surface area contributed by atoms with Gasteiger partial charge in [-0.1, -0.05) is 28.1 Å². The van der Waals surface area contributed by atoms with Crippen LogP contribution in [0.25, 0.3) is 0 Å². The Morgan fingerprint density at radius 3 is 2.94 bits per heavy atom. The number of nitrogens with one attached hydrogen (secondary N) is 1. The first-order valence-electron chi connectivity index (χ1n) is 5.55. The van der Waals surface area contributed by atoms with E-state index in [4.69, 9.17) is 4.42 Å². The molecule has 0 saturated heterocycles. The first kappa shape index (κ1) is 12.3. The summed E-state index contributed by atoms with van der Waals surface area (Å²) in [5, 5.41) is 3.38. The first-order chi connectivity index (χ1) is 8.15. The molecule has 4 heteroatoms. The highest BCUT2D eigenvalue weighted by atomic mass is 79.9. The molecule has 1 atom stereocenters. The van der Waals surface area contributed by atoms with E-state index in [2.05, 4.69) is 38.4 Å². The normalized spacial score (nSPS) is 12.6. The lowest BCUT2D eigenvalue weighted by molar-refractivity contribution is 0.402. The molecule has 0 fully saturated rings. The van der Waals surface area contributed by atoms with Gasteiger partial charge in [0.05, 0.1) is 12.2 Å². The van der Waals surface area contributed by atoms with Gasteiger partial charge in [-0.15, -0.1) is 0 Å². The molecule has 1 aromatic carbocycles. The fourth-order valence-electron chi connectivity index (χ4n) is 1.58. The summed E-state index contributed by atoms with van der Waals surface area (Å²) in [4.78, 5) is 4.21. The fraction of sp³-hybridized carbons (Fsp3) is 0.308. The zero-order valence-corrected chi connectivity index (χ0v) is 11.5. The smallest absolute Gasteiger partial charge is 0.211 e. The lowest BCUT2D eigenvalue weighted by atomic mass is 10.2. The van der Waals surface area contributed by atoms with Gasteiger partial charge in [0.2, 0.25) is 5.89 Å². The molecule has 2 aromatic rings. The second-order valence-electron chi connectivity index (χ2n) is 4.04. The Kier molecular flexibility index (Phi) is 3.97. The molecule has 3 nitrogen and oxygen atoms in total. The summed E-state index contributed by atoms with van der Waals surface area (Å²) in [6, 6.07) is 8.35. The molecule has 0 aliphatic heterocycles. The van der Waals surface area contributed by atoms with Crippen LogP contribution in [0.5, 0.6) is 0 Å². The maximum absolute atomic E-state index is 5.47. The monoisotopic (exact) mass is 294 g/mol. The average Bonchev–Trinajstić information content (AvgIpc) is 2.73. The SMILES string of the molecule is Cc1cnc(C(C)NCc2cccc(Br)c2)o1. The molecular formula is C13H15BrN2O. The second-order valence-corrected chi connectivity index (χ2v) is 4.96. The van der Waals surface area contributed by atoms with Gasteiger partial charge in [0, 0.05) is 11.0 Å². The summed E-state index contributed by atoms with van der Waals surface area (Å²) in [5.74, 6) is 1.58. The lowest BCUT2D eigenvalue weighted by Crippen LogP contribution is -2.18. The number of aromatic nitrogens is 1. The van der Waals surface area contributed by atoms with Crippen molar-refractivity contribution in [3.63, 3.8) is 0 Å². The fourth-order valence-corrected chi connectivity index (χ4v) is 2.02. The molecule has 0 saturated carbocycles. The maximum Gasteiger partial charge on any atom is 0.211 e. The molecule has 2 rings (SSSR count). The van der Waals surface area contributed by atoms with E-state index in [0.717, 1.165) is 22.7 Å². The zero-order valence-electron chi connectivity index (χ0n) is 9.90. The molecular weight excluding hydrogens is 280 g/mol. The molecule has 1 aromatic heterocycles. The van der Waals surface area contributed by atoms with Crippen LogP contribution >= 0.6 is 15.9 Å². The quantitative estimate of drug-likeness (QED) is 0.936. The van der Waals surface area contributed by atoms with E-state index in [0.29, 0.717) is 0 Å². The van der Waals surface area contributed by atoms with Gasteiger partial charge in [0.25, 0.3) is 0 Å². The third-order valence-corrected chi connectivity index (χ3v) is 3.00.